The van der Waals surface area contributed by atoms with Gasteiger partial charge in [0.15, 0.2) is 0 Å². The quantitative estimate of drug-likeness (QED) is 0.343. The first-order chi connectivity index (χ1) is 17.5. The van der Waals surface area contributed by atoms with Crippen LogP contribution in [0.2, 0.25) is 0 Å². The lowest BCUT2D eigenvalue weighted by Crippen LogP contribution is -2.45. The zero-order chi connectivity index (χ0) is 28.8. The van der Waals surface area contributed by atoms with E-state index in [1.54, 1.807) is 38.3 Å². The molecule has 6 nitrogen and oxygen atoms in total. The molecule has 1 aromatic rings. The fourth-order valence-electron chi connectivity index (χ4n) is 4.34. The molecule has 2 N–H and O–H groups in total. The Balaban J connectivity index is 2.47. The fourth-order valence-corrected chi connectivity index (χ4v) is 4.91. The Labute approximate surface area is 226 Å². The van der Waals surface area contributed by atoms with Gasteiger partial charge in [-0.05, 0) is 44.3 Å². The van der Waals surface area contributed by atoms with Crippen LogP contribution in [0.5, 0.6) is 0 Å². The minimum absolute atomic E-state index is 0.232. The molecule has 0 saturated carbocycles. The van der Waals surface area contributed by atoms with E-state index in [9.17, 15) is 33.0 Å². The number of nitrogens with zero attached hydrogens (tertiary/aromatic N) is 1. The summed E-state index contributed by atoms with van der Waals surface area (Å²) in [5.41, 5.74) is -1.06. The van der Waals surface area contributed by atoms with Crippen LogP contribution in [0, 0.1) is 24.2 Å². The van der Waals surface area contributed by atoms with Crippen molar-refractivity contribution in [2.24, 2.45) is 17.3 Å². The highest BCUT2D eigenvalue weighted by molar-refractivity contribution is 7.09. The number of alkyl halides is 3. The van der Waals surface area contributed by atoms with Crippen LogP contribution in [-0.2, 0) is 14.3 Å². The zero-order valence-electron chi connectivity index (χ0n) is 22.7. The van der Waals surface area contributed by atoms with E-state index in [0.29, 0.717) is 11.3 Å². The van der Waals surface area contributed by atoms with Gasteiger partial charge in [0.25, 0.3) is 0 Å². The third-order valence-corrected chi connectivity index (χ3v) is 7.88. The van der Waals surface area contributed by atoms with Crippen LogP contribution >= 0.6 is 11.3 Å². The average Bonchev–Trinajstić information content (AvgIpc) is 3.23. The standard InChI is InChI=1S/C28H38F3NO5S/c1-16-9-7-8-10-20(28(29,30)31)11-12-22(17(2)13-21-15-38-19(4)32-21)37-24(34)14-23(33)27(5,6)26(36)18(3)25(16)35/h7-8,11,13,15-16,18,22-23,25,33,35H,9-10,12,14H2,1-6H3/t16-,18+,22-,23-,25-/m0/s1. The second-order valence-corrected chi connectivity index (χ2v) is 11.7. The van der Waals surface area contributed by atoms with Gasteiger partial charge in [-0.3, -0.25) is 9.59 Å². The van der Waals surface area contributed by atoms with Gasteiger partial charge >= 0.3 is 12.1 Å². The van der Waals surface area contributed by atoms with Gasteiger partial charge in [-0.15, -0.1) is 11.3 Å². The first-order valence-electron chi connectivity index (χ1n) is 12.7. The highest BCUT2D eigenvalue weighted by Crippen LogP contribution is 2.33. The Morgan fingerprint density at radius 1 is 1.18 bits per heavy atom. The van der Waals surface area contributed by atoms with Gasteiger partial charge in [0.1, 0.15) is 11.9 Å². The zero-order valence-corrected chi connectivity index (χ0v) is 23.5. The number of aliphatic hydroxyl groups is 2. The monoisotopic (exact) mass is 557 g/mol. The number of esters is 1. The Morgan fingerprint density at radius 2 is 1.84 bits per heavy atom. The molecule has 0 fully saturated rings. The number of aromatic nitrogens is 1. The van der Waals surface area contributed by atoms with Gasteiger partial charge in [-0.2, -0.15) is 13.2 Å². The molecule has 10 heteroatoms. The van der Waals surface area contributed by atoms with E-state index in [1.165, 1.54) is 31.3 Å². The summed E-state index contributed by atoms with van der Waals surface area (Å²) >= 11 is 1.41. The summed E-state index contributed by atoms with van der Waals surface area (Å²) in [7, 11) is 0. The number of aliphatic hydroxyl groups excluding tert-OH is 2. The molecular weight excluding hydrogens is 519 g/mol. The second-order valence-electron chi connectivity index (χ2n) is 10.6. The average molecular weight is 558 g/mol. The number of hydrogen-bond donors (Lipinski definition) is 2. The lowest BCUT2D eigenvalue weighted by Gasteiger charge is -2.34. The van der Waals surface area contributed by atoms with E-state index in [2.05, 4.69) is 4.98 Å². The number of carbonyl (C=O) groups is 2. The Hall–Kier alpha value is -2.30. The van der Waals surface area contributed by atoms with Crippen LogP contribution in [0.1, 0.15) is 71.0 Å². The smallest absolute Gasteiger partial charge is 0.412 e. The molecule has 212 valence electrons. The van der Waals surface area contributed by atoms with Crippen molar-refractivity contribution in [3.63, 3.8) is 0 Å². The van der Waals surface area contributed by atoms with Gasteiger partial charge in [-0.1, -0.05) is 45.9 Å². The van der Waals surface area contributed by atoms with E-state index in [4.69, 9.17) is 4.74 Å². The molecule has 0 aliphatic carbocycles. The molecule has 1 aliphatic heterocycles. The molecule has 38 heavy (non-hydrogen) atoms. The molecule has 1 aliphatic rings. The molecule has 0 amide bonds. The largest absolute Gasteiger partial charge is 0.457 e. The third kappa shape index (κ3) is 8.61. The van der Waals surface area contributed by atoms with Crippen molar-refractivity contribution in [2.75, 3.05) is 0 Å². The predicted octanol–water partition coefficient (Wildman–Crippen LogP) is 5.97. The van der Waals surface area contributed by atoms with Crippen molar-refractivity contribution in [3.05, 3.63) is 45.5 Å². The summed E-state index contributed by atoms with van der Waals surface area (Å²) in [6.07, 6.45) is -3.37. The van der Waals surface area contributed by atoms with Gasteiger partial charge in [0.2, 0.25) is 0 Å². The Bertz CT molecular complexity index is 1070. The molecule has 0 bridgehead atoms. The molecule has 0 aromatic carbocycles. The first-order valence-corrected chi connectivity index (χ1v) is 13.5. The molecule has 2 rings (SSSR count). The van der Waals surface area contributed by atoms with Crippen LogP contribution in [0.4, 0.5) is 13.2 Å². The molecule has 1 aromatic heterocycles. The highest BCUT2D eigenvalue weighted by atomic mass is 32.1. The second kappa shape index (κ2) is 13.2. The van der Waals surface area contributed by atoms with Crippen LogP contribution in [0.15, 0.2) is 34.8 Å². The highest BCUT2D eigenvalue weighted by Gasteiger charge is 2.42. The van der Waals surface area contributed by atoms with E-state index in [-0.39, 0.29) is 19.3 Å². The molecule has 0 unspecified atom stereocenters. The number of carbonyl (C=O) groups excluding carboxylic acids is 2. The normalized spacial score (nSPS) is 29.0. The van der Waals surface area contributed by atoms with E-state index >= 15 is 0 Å². The predicted molar refractivity (Wildman–Crippen MR) is 141 cm³/mol. The number of Topliss-reactive ketones (excluding diaryl/α,β-unsaturated/α-hetero) is 1. The van der Waals surface area contributed by atoms with Gasteiger partial charge in [0.05, 0.1) is 34.7 Å². The fraction of sp³-hybridized carbons (Fsp3) is 0.607. The number of halogens is 3. The number of rotatable bonds is 2. The summed E-state index contributed by atoms with van der Waals surface area (Å²) in [5, 5.41) is 24.1. The van der Waals surface area contributed by atoms with Crippen molar-refractivity contribution < 1.29 is 37.7 Å². The van der Waals surface area contributed by atoms with Crippen LogP contribution < -0.4 is 0 Å². The number of aryl methyl sites for hydroxylation is 1. The summed E-state index contributed by atoms with van der Waals surface area (Å²) in [6, 6.07) is 0. The number of cyclic esters (lactones) is 1. The van der Waals surface area contributed by atoms with Gasteiger partial charge < -0.3 is 14.9 Å². The maximum absolute atomic E-state index is 13.8. The summed E-state index contributed by atoms with van der Waals surface area (Å²) in [5.74, 6) is -2.54. The van der Waals surface area contributed by atoms with E-state index in [1.807, 2.05) is 6.92 Å². The lowest BCUT2D eigenvalue weighted by molar-refractivity contribution is -0.154. The minimum Gasteiger partial charge on any atom is -0.457 e. The maximum Gasteiger partial charge on any atom is 0.412 e. The Morgan fingerprint density at radius 3 is 2.42 bits per heavy atom. The van der Waals surface area contributed by atoms with Crippen molar-refractivity contribution in [2.45, 2.75) is 91.7 Å². The van der Waals surface area contributed by atoms with Crippen LogP contribution in [0.3, 0.4) is 0 Å². The van der Waals surface area contributed by atoms with Crippen molar-refractivity contribution >= 4 is 29.2 Å². The van der Waals surface area contributed by atoms with Crippen LogP contribution in [0.25, 0.3) is 6.08 Å². The maximum atomic E-state index is 13.8. The summed E-state index contributed by atoms with van der Waals surface area (Å²) in [4.78, 5) is 30.4. The third-order valence-electron chi connectivity index (χ3n) is 7.09. The molecule has 0 spiro atoms. The SMILES string of the molecule is CC(=Cc1csc(C)n1)[C@@H]1CC=C(C(F)(F)F)CC=CC[C@H](C)[C@H](O)[C@@H](C)C(=O)C(C)(C)[C@@H](O)CC(=O)O1. The van der Waals surface area contributed by atoms with Crippen molar-refractivity contribution in [1.29, 1.82) is 0 Å². The van der Waals surface area contributed by atoms with Crippen LogP contribution in [-0.4, -0.2) is 51.4 Å². The minimum atomic E-state index is -4.59. The molecular formula is C28H38F3NO5S. The molecule has 5 atom stereocenters. The lowest BCUT2D eigenvalue weighted by atomic mass is 9.73. The summed E-state index contributed by atoms with van der Waals surface area (Å²) < 4.78 is 46.9. The number of allylic oxidation sites excluding steroid dienone is 3. The molecule has 0 radical (unpaired) electrons. The Kier molecular flexibility index (Phi) is 11.1. The molecule has 0 saturated heterocycles. The topological polar surface area (TPSA) is 96.7 Å². The number of thiazole rings is 1. The van der Waals surface area contributed by atoms with E-state index < -0.39 is 65.5 Å². The molecule has 2 heterocycles. The van der Waals surface area contributed by atoms with Crippen molar-refractivity contribution in [1.82, 2.24) is 4.98 Å². The number of ether oxygens (including phenoxy) is 1. The van der Waals surface area contributed by atoms with Gasteiger partial charge in [-0.25, -0.2) is 4.98 Å². The number of ketones is 1. The summed E-state index contributed by atoms with van der Waals surface area (Å²) in [6.45, 7) is 9.72. The van der Waals surface area contributed by atoms with E-state index in [0.717, 1.165) is 11.1 Å². The number of hydrogen-bond acceptors (Lipinski definition) is 7. The van der Waals surface area contributed by atoms with Gasteiger partial charge in [0, 0.05) is 23.3 Å². The van der Waals surface area contributed by atoms with Crippen molar-refractivity contribution in [3.8, 4) is 0 Å². The first kappa shape index (κ1) is 31.9.